The Morgan fingerprint density at radius 1 is 0.972 bits per heavy atom. The molecule has 1 fully saturated rings. The molecule has 1 aromatic heterocycles. The molecular formula is C28H22ClFN2O3S. The highest BCUT2D eigenvalue weighted by Gasteiger charge is 2.49. The summed E-state index contributed by atoms with van der Waals surface area (Å²) in [6.45, 7) is 0. The Morgan fingerprint density at radius 2 is 1.67 bits per heavy atom. The zero-order chi connectivity index (χ0) is 25.2. The summed E-state index contributed by atoms with van der Waals surface area (Å²) in [5.41, 5.74) is 3.76. The Labute approximate surface area is 217 Å². The molecule has 1 amide bonds. The van der Waals surface area contributed by atoms with Gasteiger partial charge in [-0.05, 0) is 59.2 Å². The molecule has 2 N–H and O–H groups in total. The number of benzene rings is 3. The third-order valence-electron chi connectivity index (χ3n) is 6.15. The lowest BCUT2D eigenvalue weighted by molar-refractivity contribution is -0.123. The van der Waals surface area contributed by atoms with Crippen molar-refractivity contribution in [2.75, 3.05) is 10.7 Å². The monoisotopic (exact) mass is 520 g/mol. The minimum absolute atomic E-state index is 0.0680. The molecule has 8 heteroatoms. The van der Waals surface area contributed by atoms with Crippen LogP contribution in [0.25, 0.3) is 11.1 Å². The van der Waals surface area contributed by atoms with Gasteiger partial charge in [0.15, 0.2) is 0 Å². The van der Waals surface area contributed by atoms with Crippen molar-refractivity contribution in [1.82, 2.24) is 4.98 Å². The molecule has 3 atom stereocenters. The first-order chi connectivity index (χ1) is 17.4. The maximum Gasteiger partial charge on any atom is 0.243 e. The largest absolute Gasteiger partial charge is 0.508 e. The molecule has 0 spiro atoms. The van der Waals surface area contributed by atoms with Gasteiger partial charge >= 0.3 is 0 Å². The van der Waals surface area contributed by atoms with Crippen LogP contribution in [0.3, 0.4) is 0 Å². The van der Waals surface area contributed by atoms with Gasteiger partial charge in [-0.15, -0.1) is 11.8 Å². The van der Waals surface area contributed by atoms with E-state index in [2.05, 4.69) is 4.98 Å². The zero-order valence-corrected chi connectivity index (χ0v) is 20.5. The van der Waals surface area contributed by atoms with Crippen LogP contribution in [-0.4, -0.2) is 32.1 Å². The summed E-state index contributed by atoms with van der Waals surface area (Å²) in [5, 5.41) is 20.6. The van der Waals surface area contributed by atoms with Crippen LogP contribution in [0.2, 0.25) is 5.02 Å². The Morgan fingerprint density at radius 3 is 2.33 bits per heavy atom. The lowest BCUT2D eigenvalue weighted by Crippen LogP contribution is -2.57. The van der Waals surface area contributed by atoms with Crippen LogP contribution in [0.15, 0.2) is 91.3 Å². The molecule has 4 aromatic rings. The normalized spacial score (nSPS) is 18.1. The number of amides is 1. The summed E-state index contributed by atoms with van der Waals surface area (Å²) < 4.78 is 13.6. The minimum Gasteiger partial charge on any atom is -0.508 e. The van der Waals surface area contributed by atoms with Gasteiger partial charge in [-0.1, -0.05) is 48.0 Å². The summed E-state index contributed by atoms with van der Waals surface area (Å²) in [6.07, 6.45) is 2.00. The molecule has 0 saturated carbocycles. The lowest BCUT2D eigenvalue weighted by Gasteiger charge is -2.47. The molecule has 1 aliphatic rings. The molecule has 5 rings (SSSR count). The first kappa shape index (κ1) is 24.3. The molecule has 1 saturated heterocycles. The number of phenolic OH excluding ortho intramolecular Hbond substituents is 1. The van der Waals surface area contributed by atoms with Gasteiger partial charge in [0.25, 0.3) is 0 Å². The first-order valence-corrected chi connectivity index (χ1v) is 12.7. The van der Waals surface area contributed by atoms with Gasteiger partial charge in [0, 0.05) is 28.2 Å². The first-order valence-electron chi connectivity index (χ1n) is 11.3. The number of carbonyl (C=O) groups is 1. The van der Waals surface area contributed by atoms with Crippen LogP contribution in [0.5, 0.6) is 5.75 Å². The predicted octanol–water partition coefficient (Wildman–Crippen LogP) is 6.17. The Hall–Kier alpha value is -3.39. The van der Waals surface area contributed by atoms with Crippen molar-refractivity contribution < 1.29 is 19.4 Å². The topological polar surface area (TPSA) is 73.7 Å². The van der Waals surface area contributed by atoms with Crippen molar-refractivity contribution >= 4 is 35.0 Å². The number of aromatic hydroxyl groups is 1. The van der Waals surface area contributed by atoms with E-state index >= 15 is 0 Å². The van der Waals surface area contributed by atoms with E-state index in [0.717, 1.165) is 22.9 Å². The standard InChI is InChI=1S/C28H22ClFN2O3S/c29-21-7-1-18(2-8-21)25(34)16-36-27-26(19-5-11-24(33)12-6-19)32(28(27)35)23-9-3-17(4-10-23)20-13-22(30)15-31-14-20/h1-15,25-27,33-34H,16H2/t25-,26-,27-/m1/s1. The van der Waals surface area contributed by atoms with Crippen LogP contribution in [0, 0.1) is 5.82 Å². The fourth-order valence-corrected chi connectivity index (χ4v) is 5.69. The Bertz CT molecular complexity index is 1370. The number of aromatic nitrogens is 1. The molecule has 0 unspecified atom stereocenters. The molecule has 3 aromatic carbocycles. The number of anilines is 1. The quantitative estimate of drug-likeness (QED) is 0.285. The van der Waals surface area contributed by atoms with Crippen LogP contribution >= 0.6 is 23.4 Å². The average molecular weight is 521 g/mol. The van der Waals surface area contributed by atoms with E-state index in [0.29, 0.717) is 22.0 Å². The summed E-state index contributed by atoms with van der Waals surface area (Å²) in [4.78, 5) is 18.9. The summed E-state index contributed by atoms with van der Waals surface area (Å²) in [5.74, 6) is 0.00173. The van der Waals surface area contributed by atoms with Gasteiger partial charge in [-0.25, -0.2) is 4.39 Å². The number of hydrogen-bond acceptors (Lipinski definition) is 5. The fourth-order valence-electron chi connectivity index (χ4n) is 4.27. The van der Waals surface area contributed by atoms with E-state index in [1.807, 2.05) is 24.3 Å². The van der Waals surface area contributed by atoms with Crippen molar-refractivity contribution in [3.8, 4) is 16.9 Å². The summed E-state index contributed by atoms with van der Waals surface area (Å²) >= 11 is 7.34. The number of rotatable bonds is 7. The zero-order valence-electron chi connectivity index (χ0n) is 19.0. The van der Waals surface area contributed by atoms with Gasteiger partial charge in [-0.3, -0.25) is 9.78 Å². The van der Waals surface area contributed by atoms with Gasteiger partial charge in [0.05, 0.1) is 18.3 Å². The van der Waals surface area contributed by atoms with Crippen molar-refractivity contribution in [3.63, 3.8) is 0 Å². The average Bonchev–Trinajstić information content (AvgIpc) is 2.88. The van der Waals surface area contributed by atoms with Crippen molar-refractivity contribution in [2.45, 2.75) is 17.4 Å². The molecule has 182 valence electrons. The van der Waals surface area contributed by atoms with Crippen LogP contribution in [-0.2, 0) is 4.79 Å². The van der Waals surface area contributed by atoms with Crippen LogP contribution < -0.4 is 4.90 Å². The summed E-state index contributed by atoms with van der Waals surface area (Å²) in [7, 11) is 0. The fraction of sp³-hybridized carbons (Fsp3) is 0.143. The maximum absolute atomic E-state index is 13.6. The number of halogens is 2. The van der Waals surface area contributed by atoms with E-state index in [4.69, 9.17) is 11.6 Å². The van der Waals surface area contributed by atoms with E-state index in [1.54, 1.807) is 59.6 Å². The number of pyridine rings is 1. The van der Waals surface area contributed by atoms with Crippen molar-refractivity contribution in [1.29, 1.82) is 0 Å². The number of β-lactam (4-membered cyclic amide) rings is 1. The smallest absolute Gasteiger partial charge is 0.243 e. The van der Waals surface area contributed by atoms with Gasteiger partial charge in [-0.2, -0.15) is 0 Å². The number of carbonyl (C=O) groups excluding carboxylic acids is 1. The number of thioether (sulfide) groups is 1. The maximum atomic E-state index is 13.6. The Kier molecular flexibility index (Phi) is 6.96. The van der Waals surface area contributed by atoms with Gasteiger partial charge in [0.2, 0.25) is 5.91 Å². The third kappa shape index (κ3) is 4.95. The number of nitrogens with zero attached hydrogens (tertiary/aromatic N) is 2. The van der Waals surface area contributed by atoms with Crippen molar-refractivity contribution in [2.24, 2.45) is 0 Å². The highest BCUT2D eigenvalue weighted by molar-refractivity contribution is 8.00. The van der Waals surface area contributed by atoms with Crippen LogP contribution in [0.4, 0.5) is 10.1 Å². The van der Waals surface area contributed by atoms with E-state index in [9.17, 15) is 19.4 Å². The molecule has 1 aliphatic heterocycles. The lowest BCUT2D eigenvalue weighted by atomic mass is 9.92. The molecule has 36 heavy (non-hydrogen) atoms. The van der Waals surface area contributed by atoms with E-state index in [-0.39, 0.29) is 17.7 Å². The minimum atomic E-state index is -0.742. The van der Waals surface area contributed by atoms with Gasteiger partial charge in [0.1, 0.15) is 16.8 Å². The number of hydrogen-bond donors (Lipinski definition) is 2. The number of phenols is 1. The third-order valence-corrected chi connectivity index (χ3v) is 7.73. The summed E-state index contributed by atoms with van der Waals surface area (Å²) in [6, 6.07) is 22.3. The van der Waals surface area contributed by atoms with E-state index < -0.39 is 17.2 Å². The highest BCUT2D eigenvalue weighted by Crippen LogP contribution is 2.46. The number of aliphatic hydroxyl groups excluding tert-OH is 1. The second-order valence-electron chi connectivity index (χ2n) is 8.50. The van der Waals surface area contributed by atoms with Crippen LogP contribution in [0.1, 0.15) is 23.3 Å². The SMILES string of the molecule is O=C1[C@H](SC[C@@H](O)c2ccc(Cl)cc2)[C@@H](c2ccc(O)cc2)N1c1ccc(-c2cncc(F)c2)cc1. The predicted molar refractivity (Wildman–Crippen MR) is 141 cm³/mol. The highest BCUT2D eigenvalue weighted by atomic mass is 35.5. The second kappa shape index (κ2) is 10.3. The second-order valence-corrected chi connectivity index (χ2v) is 10.1. The molecule has 5 nitrogen and oxygen atoms in total. The van der Waals surface area contributed by atoms with E-state index in [1.165, 1.54) is 17.8 Å². The molecule has 0 aliphatic carbocycles. The van der Waals surface area contributed by atoms with Gasteiger partial charge < -0.3 is 15.1 Å². The molecule has 0 radical (unpaired) electrons. The molecule has 2 heterocycles. The number of aliphatic hydroxyl groups is 1. The van der Waals surface area contributed by atoms with Crippen molar-refractivity contribution in [3.05, 3.63) is 113 Å². The Balaban J connectivity index is 1.37. The molecule has 0 bridgehead atoms. The molecular weight excluding hydrogens is 499 g/mol.